The van der Waals surface area contributed by atoms with Gasteiger partial charge in [0, 0.05) is 47.3 Å². The van der Waals surface area contributed by atoms with Crippen molar-refractivity contribution in [2.45, 2.75) is 6.92 Å². The minimum atomic E-state index is 0.672. The molecule has 0 spiro atoms. The first-order chi connectivity index (χ1) is 26.2. The fourth-order valence-corrected chi connectivity index (χ4v) is 9.31. The van der Waals surface area contributed by atoms with Gasteiger partial charge in [0.25, 0.3) is 0 Å². The minimum Gasteiger partial charge on any atom is -0.277 e. The zero-order chi connectivity index (χ0) is 35.0. The van der Waals surface area contributed by atoms with Crippen LogP contribution in [0.1, 0.15) is 5.56 Å². The van der Waals surface area contributed by atoms with Crippen molar-refractivity contribution in [1.29, 1.82) is 0 Å². The summed E-state index contributed by atoms with van der Waals surface area (Å²) in [4.78, 5) is 10.7. The van der Waals surface area contributed by atoms with E-state index in [9.17, 15) is 0 Å². The van der Waals surface area contributed by atoms with Crippen LogP contribution in [0.5, 0.6) is 0 Å². The Kier molecular flexibility index (Phi) is 6.64. The van der Waals surface area contributed by atoms with Crippen LogP contribution < -0.4 is 0 Å². The molecule has 0 N–H and O–H groups in total. The number of hydrogen-bond acceptors (Lipinski definition) is 3. The molecule has 3 nitrogen and oxygen atoms in total. The largest absolute Gasteiger partial charge is 0.277 e. The van der Waals surface area contributed by atoms with Gasteiger partial charge in [0.1, 0.15) is 0 Å². The lowest BCUT2D eigenvalue weighted by Crippen LogP contribution is -2.03. The summed E-state index contributed by atoms with van der Waals surface area (Å²) in [5.74, 6) is 0.672. The molecule has 0 amide bonds. The normalized spacial score (nSPS) is 11.9. The van der Waals surface area contributed by atoms with Crippen molar-refractivity contribution >= 4 is 75.0 Å². The topological polar surface area (TPSA) is 30.7 Å². The van der Waals surface area contributed by atoms with Gasteiger partial charge in [-0.25, -0.2) is 9.97 Å². The highest BCUT2D eigenvalue weighted by Crippen LogP contribution is 2.44. The van der Waals surface area contributed by atoms with Crippen molar-refractivity contribution in [3.05, 3.63) is 175 Å². The predicted molar refractivity (Wildman–Crippen MR) is 225 cm³/mol. The number of hydrogen-bond donors (Lipinski definition) is 0. The lowest BCUT2D eigenvalue weighted by Gasteiger charge is -2.13. The second-order valence-electron chi connectivity index (χ2n) is 13.9. The van der Waals surface area contributed by atoms with E-state index in [2.05, 4.69) is 181 Å². The van der Waals surface area contributed by atoms with Gasteiger partial charge in [0.2, 0.25) is 5.95 Å². The Labute approximate surface area is 310 Å². The summed E-state index contributed by atoms with van der Waals surface area (Å²) in [5, 5.41) is 8.46. The lowest BCUT2D eigenvalue weighted by atomic mass is 9.98. The van der Waals surface area contributed by atoms with Crippen LogP contribution in [0.4, 0.5) is 0 Å². The molecular formula is C49H31N3S. The predicted octanol–water partition coefficient (Wildman–Crippen LogP) is 13.6. The summed E-state index contributed by atoms with van der Waals surface area (Å²) in [6.07, 6.45) is 0. The maximum absolute atomic E-state index is 5.45. The molecule has 4 heteroatoms. The average Bonchev–Trinajstić information content (AvgIpc) is 3.77. The summed E-state index contributed by atoms with van der Waals surface area (Å²) >= 11 is 1.87. The quantitative estimate of drug-likeness (QED) is 0.184. The number of aromatic nitrogens is 3. The van der Waals surface area contributed by atoms with Crippen LogP contribution in [0.2, 0.25) is 0 Å². The summed E-state index contributed by atoms with van der Waals surface area (Å²) in [5.41, 5.74) is 11.2. The highest BCUT2D eigenvalue weighted by atomic mass is 32.1. The second kappa shape index (κ2) is 11.7. The summed E-state index contributed by atoms with van der Waals surface area (Å²) in [7, 11) is 0. The van der Waals surface area contributed by atoms with E-state index in [-0.39, 0.29) is 0 Å². The molecule has 0 saturated carbocycles. The van der Waals surface area contributed by atoms with Crippen LogP contribution >= 0.6 is 11.3 Å². The van der Waals surface area contributed by atoms with E-state index in [0.29, 0.717) is 5.95 Å². The van der Waals surface area contributed by atoms with Gasteiger partial charge < -0.3 is 0 Å². The molecule has 0 atom stereocenters. The number of fused-ring (bicyclic) bond motifs is 10. The lowest BCUT2D eigenvalue weighted by molar-refractivity contribution is 1.02. The Morgan fingerprint density at radius 2 is 1.02 bits per heavy atom. The average molecular weight is 694 g/mol. The van der Waals surface area contributed by atoms with Crippen molar-refractivity contribution in [1.82, 2.24) is 14.5 Å². The van der Waals surface area contributed by atoms with Crippen molar-refractivity contribution in [3.8, 4) is 39.5 Å². The zero-order valence-corrected chi connectivity index (χ0v) is 29.7. The molecule has 0 aliphatic heterocycles. The molecule has 0 bridgehead atoms. The van der Waals surface area contributed by atoms with Crippen LogP contribution in [-0.2, 0) is 0 Å². The molecule has 3 heterocycles. The van der Waals surface area contributed by atoms with E-state index in [4.69, 9.17) is 9.97 Å². The van der Waals surface area contributed by atoms with Crippen LogP contribution in [0.25, 0.3) is 103 Å². The first kappa shape index (κ1) is 30.0. The SMILES string of the molecule is Cc1ccc(-c2ccc(-c3ccc(-c4nc(-n5c6ccccc6c6ccc7ccc8c9ccccc9sc8c7c65)nc5ccccc45)cc3)cc2)cc1. The summed E-state index contributed by atoms with van der Waals surface area (Å²) < 4.78 is 4.89. The molecule has 3 aromatic heterocycles. The van der Waals surface area contributed by atoms with E-state index < -0.39 is 0 Å². The number of aryl methyl sites for hydroxylation is 1. The molecule has 248 valence electrons. The molecule has 53 heavy (non-hydrogen) atoms. The standard InChI is InChI=1S/C49H31N3S/c1-30-14-16-31(17-15-30)32-18-20-33(21-19-32)34-22-24-36(25-23-34)46-41-10-2-5-11-42(41)50-49(51-46)52-43-12-6-3-8-37(43)39-28-26-35-27-29-40-38-9-4-7-13-44(38)53-48(40)45(35)47(39)52/h2-29H,1H3. The van der Waals surface area contributed by atoms with Crippen LogP contribution in [0.15, 0.2) is 170 Å². The molecule has 0 saturated heterocycles. The van der Waals surface area contributed by atoms with E-state index >= 15 is 0 Å². The number of nitrogens with zero attached hydrogens (tertiary/aromatic N) is 3. The number of rotatable bonds is 4. The third kappa shape index (κ3) is 4.73. The summed E-state index contributed by atoms with van der Waals surface area (Å²) in [6, 6.07) is 61.2. The Morgan fingerprint density at radius 3 is 1.74 bits per heavy atom. The highest BCUT2D eigenvalue weighted by Gasteiger charge is 2.21. The Morgan fingerprint density at radius 1 is 0.453 bits per heavy atom. The van der Waals surface area contributed by atoms with Crippen molar-refractivity contribution < 1.29 is 0 Å². The van der Waals surface area contributed by atoms with E-state index in [0.717, 1.165) is 33.2 Å². The van der Waals surface area contributed by atoms with Crippen LogP contribution in [0, 0.1) is 6.92 Å². The van der Waals surface area contributed by atoms with Gasteiger partial charge in [-0.1, -0.05) is 157 Å². The summed E-state index contributed by atoms with van der Waals surface area (Å²) in [6.45, 7) is 2.12. The number of para-hydroxylation sites is 2. The van der Waals surface area contributed by atoms with Gasteiger partial charge in [-0.3, -0.25) is 4.57 Å². The van der Waals surface area contributed by atoms with Gasteiger partial charge in [0.05, 0.1) is 22.2 Å². The molecule has 0 aliphatic rings. The smallest absolute Gasteiger partial charge is 0.235 e. The van der Waals surface area contributed by atoms with E-state index in [1.807, 2.05) is 11.3 Å². The maximum Gasteiger partial charge on any atom is 0.235 e. The van der Waals surface area contributed by atoms with Crippen molar-refractivity contribution in [2.24, 2.45) is 0 Å². The molecule has 0 aliphatic carbocycles. The van der Waals surface area contributed by atoms with Crippen molar-refractivity contribution in [2.75, 3.05) is 0 Å². The molecule has 11 rings (SSSR count). The minimum absolute atomic E-state index is 0.672. The monoisotopic (exact) mass is 693 g/mol. The van der Waals surface area contributed by atoms with Crippen LogP contribution in [0.3, 0.4) is 0 Å². The van der Waals surface area contributed by atoms with Crippen molar-refractivity contribution in [3.63, 3.8) is 0 Å². The molecule has 8 aromatic carbocycles. The number of thiophene rings is 1. The zero-order valence-electron chi connectivity index (χ0n) is 28.9. The first-order valence-electron chi connectivity index (χ1n) is 18.0. The molecular weight excluding hydrogens is 663 g/mol. The third-order valence-corrected chi connectivity index (χ3v) is 11.9. The van der Waals surface area contributed by atoms with Gasteiger partial charge in [-0.15, -0.1) is 11.3 Å². The van der Waals surface area contributed by atoms with Crippen LogP contribution in [-0.4, -0.2) is 14.5 Å². The maximum atomic E-state index is 5.45. The Balaban J connectivity index is 1.10. The fraction of sp³-hybridized carbons (Fsp3) is 0.0204. The third-order valence-electron chi connectivity index (χ3n) is 10.7. The molecule has 0 unspecified atom stereocenters. The van der Waals surface area contributed by atoms with Gasteiger partial charge in [0.15, 0.2) is 0 Å². The van der Waals surface area contributed by atoms with E-state index in [1.165, 1.54) is 69.5 Å². The molecule has 0 radical (unpaired) electrons. The fourth-order valence-electron chi connectivity index (χ4n) is 8.05. The highest BCUT2D eigenvalue weighted by molar-refractivity contribution is 7.26. The van der Waals surface area contributed by atoms with Gasteiger partial charge in [-0.2, -0.15) is 0 Å². The number of benzene rings is 8. The molecule has 0 fully saturated rings. The van der Waals surface area contributed by atoms with Gasteiger partial charge in [-0.05, 0) is 52.8 Å². The Bertz CT molecular complexity index is 3200. The second-order valence-corrected chi connectivity index (χ2v) is 14.9. The van der Waals surface area contributed by atoms with Gasteiger partial charge >= 0.3 is 0 Å². The first-order valence-corrected chi connectivity index (χ1v) is 18.8. The Hall–Kier alpha value is -6.62. The molecule has 11 aromatic rings. The van der Waals surface area contributed by atoms with E-state index in [1.54, 1.807) is 0 Å².